The van der Waals surface area contributed by atoms with Crippen molar-refractivity contribution in [2.75, 3.05) is 5.32 Å². The Bertz CT molecular complexity index is 766. The standard InChI is InChI=1S/C18H22N4O/c1-11-5-7-15(13(3)9-11)20-17(19)22-18(23)21-16-8-6-12(2)10-14(16)4/h5-10H,1-4H3,(H4,19,20,21,22,23). The average molecular weight is 310 g/mol. The van der Waals surface area contributed by atoms with E-state index in [1.807, 2.05) is 64.1 Å². The summed E-state index contributed by atoms with van der Waals surface area (Å²) in [7, 11) is 0. The molecule has 0 unspecified atom stereocenters. The summed E-state index contributed by atoms with van der Waals surface area (Å²) in [6, 6.07) is 11.2. The zero-order valence-corrected chi connectivity index (χ0v) is 13.9. The number of guanidine groups is 1. The van der Waals surface area contributed by atoms with Gasteiger partial charge in [0.1, 0.15) is 0 Å². The molecule has 0 aromatic heterocycles. The summed E-state index contributed by atoms with van der Waals surface area (Å²) in [4.78, 5) is 16.2. The Morgan fingerprint density at radius 3 is 2.17 bits per heavy atom. The summed E-state index contributed by atoms with van der Waals surface area (Å²) in [5.74, 6) is 0.0548. The van der Waals surface area contributed by atoms with Gasteiger partial charge in [-0.2, -0.15) is 0 Å². The van der Waals surface area contributed by atoms with Crippen LogP contribution in [-0.2, 0) is 0 Å². The van der Waals surface area contributed by atoms with Gasteiger partial charge in [-0.3, -0.25) is 5.32 Å². The maximum atomic E-state index is 12.0. The second kappa shape index (κ2) is 6.96. The highest BCUT2D eigenvalue weighted by Gasteiger charge is 2.06. The molecule has 2 amide bonds. The fourth-order valence-corrected chi connectivity index (χ4v) is 2.31. The zero-order valence-electron chi connectivity index (χ0n) is 13.9. The molecule has 0 fully saturated rings. The largest absolute Gasteiger partial charge is 0.369 e. The number of carbonyl (C=O) groups is 1. The minimum absolute atomic E-state index is 0.0548. The minimum Gasteiger partial charge on any atom is -0.369 e. The van der Waals surface area contributed by atoms with Gasteiger partial charge in [-0.05, 0) is 51.0 Å². The van der Waals surface area contributed by atoms with Crippen LogP contribution in [0.2, 0.25) is 0 Å². The monoisotopic (exact) mass is 310 g/mol. The van der Waals surface area contributed by atoms with Crippen molar-refractivity contribution < 1.29 is 4.79 Å². The molecule has 0 atom stereocenters. The van der Waals surface area contributed by atoms with Crippen LogP contribution in [0, 0.1) is 27.7 Å². The van der Waals surface area contributed by atoms with Crippen molar-refractivity contribution >= 4 is 23.4 Å². The summed E-state index contributed by atoms with van der Waals surface area (Å²) in [5.41, 5.74) is 11.6. The second-order valence-electron chi connectivity index (χ2n) is 5.68. The van der Waals surface area contributed by atoms with E-state index in [4.69, 9.17) is 5.73 Å². The molecule has 0 radical (unpaired) electrons. The lowest BCUT2D eigenvalue weighted by Crippen LogP contribution is -2.39. The van der Waals surface area contributed by atoms with Crippen molar-refractivity contribution in [3.05, 3.63) is 58.7 Å². The number of urea groups is 1. The molecular weight excluding hydrogens is 288 g/mol. The fourth-order valence-electron chi connectivity index (χ4n) is 2.31. The van der Waals surface area contributed by atoms with Crippen molar-refractivity contribution in [2.45, 2.75) is 27.7 Å². The van der Waals surface area contributed by atoms with Gasteiger partial charge >= 0.3 is 6.03 Å². The van der Waals surface area contributed by atoms with E-state index >= 15 is 0 Å². The molecule has 2 rings (SSSR count). The SMILES string of the molecule is Cc1ccc(N=C(N)NC(=O)Nc2ccc(C)cc2C)c(C)c1. The number of nitrogens with one attached hydrogen (secondary N) is 2. The number of hydrogen-bond donors (Lipinski definition) is 3. The molecule has 4 N–H and O–H groups in total. The number of aryl methyl sites for hydroxylation is 4. The molecule has 0 aliphatic carbocycles. The molecule has 5 nitrogen and oxygen atoms in total. The van der Waals surface area contributed by atoms with Gasteiger partial charge in [0.05, 0.1) is 5.69 Å². The van der Waals surface area contributed by atoms with Gasteiger partial charge in [0.2, 0.25) is 5.96 Å². The molecule has 0 aliphatic rings. The number of amides is 2. The van der Waals surface area contributed by atoms with Gasteiger partial charge in [-0.1, -0.05) is 35.4 Å². The molecule has 0 bridgehead atoms. The van der Waals surface area contributed by atoms with Crippen molar-refractivity contribution in [3.63, 3.8) is 0 Å². The number of hydrogen-bond acceptors (Lipinski definition) is 2. The topological polar surface area (TPSA) is 79.5 Å². The predicted molar refractivity (Wildman–Crippen MR) is 95.3 cm³/mol. The lowest BCUT2D eigenvalue weighted by atomic mass is 10.1. The number of rotatable bonds is 2. The van der Waals surface area contributed by atoms with Gasteiger partial charge in [0.25, 0.3) is 0 Å². The van der Waals surface area contributed by atoms with E-state index in [1.54, 1.807) is 0 Å². The van der Waals surface area contributed by atoms with Gasteiger partial charge in [0.15, 0.2) is 0 Å². The van der Waals surface area contributed by atoms with Gasteiger partial charge in [-0.15, -0.1) is 0 Å². The summed E-state index contributed by atoms with van der Waals surface area (Å²) < 4.78 is 0. The first kappa shape index (κ1) is 16.5. The number of anilines is 1. The third-order valence-electron chi connectivity index (χ3n) is 3.46. The Kier molecular flexibility index (Phi) is 5.01. The van der Waals surface area contributed by atoms with Crippen LogP contribution in [0.4, 0.5) is 16.2 Å². The lowest BCUT2D eigenvalue weighted by Gasteiger charge is -2.10. The van der Waals surface area contributed by atoms with Crippen molar-refractivity contribution in [1.82, 2.24) is 5.32 Å². The zero-order chi connectivity index (χ0) is 17.0. The third-order valence-corrected chi connectivity index (χ3v) is 3.46. The Morgan fingerprint density at radius 2 is 1.57 bits per heavy atom. The fraction of sp³-hybridized carbons (Fsp3) is 0.222. The molecular formula is C18H22N4O. The van der Waals surface area contributed by atoms with Crippen LogP contribution in [0.3, 0.4) is 0 Å². The van der Waals surface area contributed by atoms with Crippen LogP contribution in [0.1, 0.15) is 22.3 Å². The molecule has 0 saturated heterocycles. The molecule has 0 spiro atoms. The summed E-state index contributed by atoms with van der Waals surface area (Å²) in [5, 5.41) is 5.31. The highest BCUT2D eigenvalue weighted by atomic mass is 16.2. The van der Waals surface area contributed by atoms with Crippen LogP contribution < -0.4 is 16.4 Å². The number of nitrogens with two attached hydrogens (primary N) is 1. The summed E-state index contributed by atoms with van der Waals surface area (Å²) in [6.45, 7) is 7.91. The number of benzene rings is 2. The van der Waals surface area contributed by atoms with Crippen LogP contribution >= 0.6 is 0 Å². The summed E-state index contributed by atoms with van der Waals surface area (Å²) in [6.07, 6.45) is 0. The first-order valence-electron chi connectivity index (χ1n) is 7.42. The number of aliphatic imine (C=N–C) groups is 1. The quantitative estimate of drug-likeness (QED) is 0.584. The molecule has 0 heterocycles. The van der Waals surface area contributed by atoms with Crippen LogP contribution in [-0.4, -0.2) is 12.0 Å². The van der Waals surface area contributed by atoms with E-state index < -0.39 is 6.03 Å². The van der Waals surface area contributed by atoms with E-state index in [1.165, 1.54) is 0 Å². The maximum Gasteiger partial charge on any atom is 0.326 e. The highest BCUT2D eigenvalue weighted by Crippen LogP contribution is 2.19. The molecule has 2 aromatic rings. The van der Waals surface area contributed by atoms with E-state index in [-0.39, 0.29) is 5.96 Å². The molecule has 0 aliphatic heterocycles. The second-order valence-corrected chi connectivity index (χ2v) is 5.68. The summed E-state index contributed by atoms with van der Waals surface area (Å²) >= 11 is 0. The molecule has 23 heavy (non-hydrogen) atoms. The normalized spacial score (nSPS) is 11.2. The molecule has 5 heteroatoms. The van der Waals surface area contributed by atoms with E-state index in [0.29, 0.717) is 0 Å². The third kappa shape index (κ3) is 4.57. The van der Waals surface area contributed by atoms with E-state index in [9.17, 15) is 4.79 Å². The highest BCUT2D eigenvalue weighted by molar-refractivity contribution is 6.02. The average Bonchev–Trinajstić information content (AvgIpc) is 2.45. The lowest BCUT2D eigenvalue weighted by molar-refractivity contribution is 0.256. The van der Waals surface area contributed by atoms with Crippen LogP contribution in [0.25, 0.3) is 0 Å². The van der Waals surface area contributed by atoms with Crippen LogP contribution in [0.5, 0.6) is 0 Å². The number of nitrogens with zero attached hydrogens (tertiary/aromatic N) is 1. The predicted octanol–water partition coefficient (Wildman–Crippen LogP) is 3.69. The molecule has 0 saturated carbocycles. The first-order valence-corrected chi connectivity index (χ1v) is 7.42. The Morgan fingerprint density at radius 1 is 0.957 bits per heavy atom. The van der Waals surface area contributed by atoms with Gasteiger partial charge in [-0.25, -0.2) is 9.79 Å². The molecule has 120 valence electrons. The van der Waals surface area contributed by atoms with Gasteiger partial charge < -0.3 is 11.1 Å². The minimum atomic E-state index is -0.414. The Balaban J connectivity index is 2.05. The first-order chi connectivity index (χ1) is 10.8. The number of carbonyl (C=O) groups excluding carboxylic acids is 1. The van der Waals surface area contributed by atoms with Gasteiger partial charge in [0, 0.05) is 5.69 Å². The maximum absolute atomic E-state index is 12.0. The van der Waals surface area contributed by atoms with E-state index in [0.717, 1.165) is 33.6 Å². The Labute approximate surface area is 136 Å². The smallest absolute Gasteiger partial charge is 0.326 e. The van der Waals surface area contributed by atoms with Crippen LogP contribution in [0.15, 0.2) is 41.4 Å². The van der Waals surface area contributed by atoms with Crippen molar-refractivity contribution in [1.29, 1.82) is 0 Å². The Hall–Kier alpha value is -2.82. The van der Waals surface area contributed by atoms with Crippen molar-refractivity contribution in [3.8, 4) is 0 Å². The van der Waals surface area contributed by atoms with Crippen molar-refractivity contribution in [2.24, 2.45) is 10.7 Å². The molecule has 2 aromatic carbocycles. The van der Waals surface area contributed by atoms with E-state index in [2.05, 4.69) is 15.6 Å².